The fourth-order valence-electron chi connectivity index (χ4n) is 4.30. The molecule has 1 aromatic rings. The first-order valence-corrected chi connectivity index (χ1v) is 11.3. The van der Waals surface area contributed by atoms with Gasteiger partial charge < -0.3 is 14.7 Å². The first-order chi connectivity index (χ1) is 14.4. The lowest BCUT2D eigenvalue weighted by atomic mass is 10.2. The Morgan fingerprint density at radius 1 is 1.27 bits per heavy atom. The number of anilines is 1. The maximum absolute atomic E-state index is 15.2. The van der Waals surface area contributed by atoms with Gasteiger partial charge in [-0.05, 0) is 50.2 Å². The van der Waals surface area contributed by atoms with Gasteiger partial charge in [0.05, 0.1) is 22.1 Å². The predicted molar refractivity (Wildman–Crippen MR) is 126 cm³/mol. The van der Waals surface area contributed by atoms with Crippen LogP contribution < -0.4 is 4.90 Å². The zero-order valence-electron chi connectivity index (χ0n) is 18.0. The van der Waals surface area contributed by atoms with E-state index in [-0.39, 0.29) is 12.1 Å². The standard InChI is InChI=1S/C23H31Cl2FN4/c1-5-12-28(6-2)13-7-9-20(26)22-17(3)29-14-8-15-30(23(29)27(22)4)21-11-10-18(24)16-19(21)25/h7,9-11,16,23H,3,5-6,8,12-15H2,1-2,4H3/b9-7-,22-20-. The molecule has 4 nitrogen and oxygen atoms in total. The van der Waals surface area contributed by atoms with Crippen LogP contribution in [-0.2, 0) is 0 Å². The van der Waals surface area contributed by atoms with Crippen LogP contribution in [-0.4, -0.2) is 60.8 Å². The molecule has 0 spiro atoms. The second-order valence-corrected chi connectivity index (χ2v) is 8.58. The van der Waals surface area contributed by atoms with E-state index >= 15 is 4.39 Å². The van der Waals surface area contributed by atoms with Crippen molar-refractivity contribution in [3.8, 4) is 0 Å². The first kappa shape index (κ1) is 23.0. The highest BCUT2D eigenvalue weighted by Gasteiger charge is 2.43. The molecule has 0 radical (unpaired) electrons. The van der Waals surface area contributed by atoms with Gasteiger partial charge in [0.15, 0.2) is 6.29 Å². The maximum atomic E-state index is 15.2. The largest absolute Gasteiger partial charge is 0.333 e. The number of fused-ring (bicyclic) bond motifs is 1. The Morgan fingerprint density at radius 2 is 2.00 bits per heavy atom. The van der Waals surface area contributed by atoms with E-state index < -0.39 is 0 Å². The van der Waals surface area contributed by atoms with Crippen molar-refractivity contribution in [1.29, 1.82) is 0 Å². The molecule has 3 rings (SSSR count). The average molecular weight is 453 g/mol. The Balaban J connectivity index is 1.85. The van der Waals surface area contributed by atoms with Gasteiger partial charge in [-0.15, -0.1) is 0 Å². The van der Waals surface area contributed by atoms with Gasteiger partial charge in [0, 0.05) is 31.7 Å². The number of nitrogens with zero attached hydrogens (tertiary/aromatic N) is 4. The summed E-state index contributed by atoms with van der Waals surface area (Å²) in [6, 6.07) is 5.51. The molecule has 2 fully saturated rings. The van der Waals surface area contributed by atoms with E-state index in [2.05, 4.69) is 35.1 Å². The van der Waals surface area contributed by atoms with Crippen LogP contribution in [0.4, 0.5) is 10.1 Å². The van der Waals surface area contributed by atoms with Crippen molar-refractivity contribution < 1.29 is 4.39 Å². The number of rotatable bonds is 7. The fraction of sp³-hybridized carbons (Fsp3) is 0.478. The van der Waals surface area contributed by atoms with E-state index in [1.54, 1.807) is 12.1 Å². The lowest BCUT2D eigenvalue weighted by molar-refractivity contribution is 0.146. The Bertz CT molecular complexity index is 838. The first-order valence-electron chi connectivity index (χ1n) is 10.6. The van der Waals surface area contributed by atoms with Gasteiger partial charge in [0.2, 0.25) is 0 Å². The number of allylic oxidation sites excluding steroid dienone is 2. The third kappa shape index (κ3) is 4.63. The van der Waals surface area contributed by atoms with Crippen LogP contribution in [0.25, 0.3) is 0 Å². The topological polar surface area (TPSA) is 13.0 Å². The third-order valence-electron chi connectivity index (χ3n) is 5.73. The Morgan fingerprint density at radius 3 is 2.67 bits per heavy atom. The average Bonchev–Trinajstić information content (AvgIpc) is 2.98. The predicted octanol–water partition coefficient (Wildman–Crippen LogP) is 5.72. The summed E-state index contributed by atoms with van der Waals surface area (Å²) in [5.41, 5.74) is 2.14. The number of likely N-dealkylation sites (N-methyl/N-ethyl adjacent to an activating group) is 2. The minimum Gasteiger partial charge on any atom is -0.333 e. The van der Waals surface area contributed by atoms with E-state index in [1.807, 2.05) is 30.2 Å². The van der Waals surface area contributed by atoms with Crippen molar-refractivity contribution in [1.82, 2.24) is 14.7 Å². The summed E-state index contributed by atoms with van der Waals surface area (Å²) in [5.74, 6) is -0.258. The maximum Gasteiger partial charge on any atom is 0.181 e. The highest BCUT2D eigenvalue weighted by molar-refractivity contribution is 6.36. The monoisotopic (exact) mass is 452 g/mol. The van der Waals surface area contributed by atoms with Crippen LogP contribution in [0.2, 0.25) is 10.0 Å². The molecule has 2 heterocycles. The van der Waals surface area contributed by atoms with Crippen molar-refractivity contribution in [2.24, 2.45) is 0 Å². The van der Waals surface area contributed by atoms with Crippen LogP contribution >= 0.6 is 23.2 Å². The van der Waals surface area contributed by atoms with Crippen LogP contribution in [0.1, 0.15) is 26.7 Å². The molecule has 2 saturated heterocycles. The van der Waals surface area contributed by atoms with E-state index in [9.17, 15) is 0 Å². The highest BCUT2D eigenvalue weighted by atomic mass is 35.5. The minimum absolute atomic E-state index is 0.161. The lowest BCUT2D eigenvalue weighted by Crippen LogP contribution is -2.55. The second-order valence-electron chi connectivity index (χ2n) is 7.73. The molecule has 0 amide bonds. The molecule has 1 atom stereocenters. The summed E-state index contributed by atoms with van der Waals surface area (Å²) in [6.45, 7) is 12.8. The summed E-state index contributed by atoms with van der Waals surface area (Å²) >= 11 is 12.6. The van der Waals surface area contributed by atoms with Gasteiger partial charge in [0.25, 0.3) is 0 Å². The van der Waals surface area contributed by atoms with E-state index in [4.69, 9.17) is 23.2 Å². The van der Waals surface area contributed by atoms with Crippen molar-refractivity contribution in [3.63, 3.8) is 0 Å². The normalized spacial score (nSPS) is 21.2. The van der Waals surface area contributed by atoms with E-state index in [0.717, 1.165) is 51.3 Å². The molecular formula is C23H31Cl2FN4. The van der Waals surface area contributed by atoms with Crippen LogP contribution in [0.5, 0.6) is 0 Å². The third-order valence-corrected chi connectivity index (χ3v) is 6.27. The number of halogens is 3. The molecule has 0 bridgehead atoms. The molecule has 1 aromatic carbocycles. The SMILES string of the molecule is C=C1/C(=C(F)\C=C/CN(CC)CCC)N(C)C2N1CCCN2c1ccc(Cl)cc1Cl. The molecule has 0 N–H and O–H groups in total. The van der Waals surface area contributed by atoms with Gasteiger partial charge in [0.1, 0.15) is 5.83 Å². The quantitative estimate of drug-likeness (QED) is 0.524. The van der Waals surface area contributed by atoms with Gasteiger partial charge in [-0.25, -0.2) is 4.39 Å². The molecule has 0 aliphatic carbocycles. The molecular weight excluding hydrogens is 422 g/mol. The number of hydrogen-bond acceptors (Lipinski definition) is 4. The summed E-state index contributed by atoms with van der Waals surface area (Å²) in [6.07, 6.45) is 5.34. The van der Waals surface area contributed by atoms with Gasteiger partial charge >= 0.3 is 0 Å². The summed E-state index contributed by atoms with van der Waals surface area (Å²) in [5, 5.41) is 1.19. The second kappa shape index (κ2) is 10.1. The summed E-state index contributed by atoms with van der Waals surface area (Å²) in [4.78, 5) is 8.58. The minimum atomic E-state index is -0.258. The van der Waals surface area contributed by atoms with Crippen molar-refractivity contribution in [2.75, 3.05) is 44.7 Å². The summed E-state index contributed by atoms with van der Waals surface area (Å²) < 4.78 is 15.2. The van der Waals surface area contributed by atoms with Crippen molar-refractivity contribution in [2.45, 2.75) is 33.0 Å². The van der Waals surface area contributed by atoms with Crippen LogP contribution in [0.3, 0.4) is 0 Å². The molecule has 2 aliphatic heterocycles. The number of benzene rings is 1. The summed E-state index contributed by atoms with van der Waals surface area (Å²) in [7, 11) is 1.91. The van der Waals surface area contributed by atoms with Gasteiger partial charge in [-0.3, -0.25) is 4.90 Å². The van der Waals surface area contributed by atoms with Crippen LogP contribution in [0, 0.1) is 0 Å². The Hall–Kier alpha value is -1.69. The zero-order chi connectivity index (χ0) is 21.8. The van der Waals surface area contributed by atoms with E-state index in [0.29, 0.717) is 21.4 Å². The molecule has 0 saturated carbocycles. The van der Waals surface area contributed by atoms with Crippen molar-refractivity contribution >= 4 is 28.9 Å². The number of hydrogen-bond donors (Lipinski definition) is 0. The van der Waals surface area contributed by atoms with Gasteiger partial charge in [-0.1, -0.05) is 49.7 Å². The molecule has 164 valence electrons. The smallest absolute Gasteiger partial charge is 0.181 e. The van der Waals surface area contributed by atoms with Gasteiger partial charge in [-0.2, -0.15) is 0 Å². The van der Waals surface area contributed by atoms with Crippen LogP contribution in [0.15, 0.2) is 54.2 Å². The van der Waals surface area contributed by atoms with Crippen molar-refractivity contribution in [3.05, 3.63) is 64.2 Å². The zero-order valence-corrected chi connectivity index (χ0v) is 19.6. The molecule has 1 unspecified atom stereocenters. The highest BCUT2D eigenvalue weighted by Crippen LogP contribution is 2.41. The molecule has 30 heavy (non-hydrogen) atoms. The lowest BCUT2D eigenvalue weighted by Gasteiger charge is -2.44. The molecule has 7 heteroatoms. The fourth-order valence-corrected chi connectivity index (χ4v) is 4.82. The molecule has 2 aliphatic rings. The Kier molecular flexibility index (Phi) is 7.72. The van der Waals surface area contributed by atoms with E-state index in [1.165, 1.54) is 0 Å². The Labute approximate surface area is 189 Å². The molecule has 0 aromatic heterocycles.